The highest BCUT2D eigenvalue weighted by molar-refractivity contribution is 6.41. The highest BCUT2D eigenvalue weighted by Crippen LogP contribution is 2.30. The number of hydrogen-bond donors (Lipinski definition) is 0. The van der Waals surface area contributed by atoms with E-state index in [2.05, 4.69) is 22.1 Å². The van der Waals surface area contributed by atoms with Crippen molar-refractivity contribution in [3.63, 3.8) is 0 Å². The molecule has 0 aliphatic heterocycles. The first-order valence-corrected chi connectivity index (χ1v) is 5.98. The smallest absolute Gasteiger partial charge is 0.147 e. The molecule has 17 heavy (non-hydrogen) atoms. The normalized spacial score (nSPS) is 12.7. The van der Waals surface area contributed by atoms with Crippen LogP contribution < -0.4 is 0 Å². The molecular weight excluding hydrogens is 259 g/mol. The lowest BCUT2D eigenvalue weighted by atomic mass is 9.98. The second kappa shape index (κ2) is 5.02. The Morgan fingerprint density at radius 3 is 2.82 bits per heavy atom. The number of nitrogens with zero attached hydrogens (tertiary/aromatic N) is 4. The second-order valence-corrected chi connectivity index (χ2v) is 4.70. The van der Waals surface area contributed by atoms with Crippen molar-refractivity contribution in [3.8, 4) is 0 Å². The minimum Gasteiger partial charge on any atom is -0.321 e. The molecule has 0 aliphatic rings. The van der Waals surface area contributed by atoms with E-state index >= 15 is 0 Å². The summed E-state index contributed by atoms with van der Waals surface area (Å²) >= 11 is 12.0. The first-order chi connectivity index (χ1) is 8.09. The van der Waals surface area contributed by atoms with Crippen LogP contribution in [-0.2, 0) is 13.5 Å². The Kier molecular flexibility index (Phi) is 3.64. The Morgan fingerprint density at radius 1 is 1.41 bits per heavy atom. The molecule has 0 radical (unpaired) electrons. The largest absolute Gasteiger partial charge is 0.321 e. The average Bonchev–Trinajstić information content (AvgIpc) is 2.68. The third kappa shape index (κ3) is 2.58. The SMILES string of the molecule is CC(Cc1nncn1C)c1ccnc(Cl)c1Cl. The van der Waals surface area contributed by atoms with Crippen molar-refractivity contribution < 1.29 is 0 Å². The molecule has 0 saturated carbocycles. The first-order valence-electron chi connectivity index (χ1n) is 5.22. The van der Waals surface area contributed by atoms with Crippen LogP contribution in [0.25, 0.3) is 0 Å². The van der Waals surface area contributed by atoms with Gasteiger partial charge in [-0.15, -0.1) is 10.2 Å². The summed E-state index contributed by atoms with van der Waals surface area (Å²) in [5.74, 6) is 1.13. The summed E-state index contributed by atoms with van der Waals surface area (Å²) in [7, 11) is 1.92. The average molecular weight is 271 g/mol. The molecule has 2 aromatic heterocycles. The zero-order valence-corrected chi connectivity index (χ0v) is 11.1. The standard InChI is InChI=1S/C11H12Cl2N4/c1-7(5-9-16-15-6-17(9)2)8-3-4-14-11(13)10(8)12/h3-4,6-7H,5H2,1-2H3. The van der Waals surface area contributed by atoms with Gasteiger partial charge >= 0.3 is 0 Å². The molecule has 2 rings (SSSR count). The summed E-state index contributed by atoms with van der Waals surface area (Å²) in [6, 6.07) is 1.88. The molecule has 0 bridgehead atoms. The predicted molar refractivity (Wildman–Crippen MR) is 67.4 cm³/mol. The molecule has 1 atom stereocenters. The van der Waals surface area contributed by atoms with E-state index in [-0.39, 0.29) is 5.92 Å². The number of pyridine rings is 1. The van der Waals surface area contributed by atoms with E-state index in [1.807, 2.05) is 17.7 Å². The molecule has 0 saturated heterocycles. The molecule has 90 valence electrons. The first kappa shape index (κ1) is 12.3. The Labute approximate surface area is 110 Å². The quantitative estimate of drug-likeness (QED) is 0.806. The van der Waals surface area contributed by atoms with Gasteiger partial charge in [-0.2, -0.15) is 0 Å². The minimum absolute atomic E-state index is 0.214. The summed E-state index contributed by atoms with van der Waals surface area (Å²) in [6.07, 6.45) is 4.11. The van der Waals surface area contributed by atoms with Crippen LogP contribution in [0.1, 0.15) is 24.2 Å². The van der Waals surface area contributed by atoms with Gasteiger partial charge < -0.3 is 4.57 Å². The number of hydrogen-bond acceptors (Lipinski definition) is 3. The molecule has 4 nitrogen and oxygen atoms in total. The van der Waals surface area contributed by atoms with Gasteiger partial charge in [-0.05, 0) is 17.5 Å². The third-order valence-electron chi connectivity index (χ3n) is 2.70. The van der Waals surface area contributed by atoms with Gasteiger partial charge in [0.2, 0.25) is 0 Å². The summed E-state index contributed by atoms with van der Waals surface area (Å²) in [5, 5.41) is 8.76. The lowest BCUT2D eigenvalue weighted by Crippen LogP contribution is -2.05. The molecule has 0 aromatic carbocycles. The second-order valence-electron chi connectivity index (χ2n) is 3.97. The van der Waals surface area contributed by atoms with Gasteiger partial charge in [0.1, 0.15) is 17.3 Å². The van der Waals surface area contributed by atoms with E-state index in [0.29, 0.717) is 10.2 Å². The topological polar surface area (TPSA) is 43.6 Å². The van der Waals surface area contributed by atoms with Gasteiger partial charge in [0, 0.05) is 19.7 Å². The van der Waals surface area contributed by atoms with Crippen molar-refractivity contribution >= 4 is 23.2 Å². The fourth-order valence-corrected chi connectivity index (χ4v) is 2.15. The number of halogens is 2. The number of rotatable bonds is 3. The molecule has 1 unspecified atom stereocenters. The van der Waals surface area contributed by atoms with Crippen molar-refractivity contribution in [2.45, 2.75) is 19.3 Å². The molecule has 6 heteroatoms. The summed E-state index contributed by atoms with van der Waals surface area (Å²) in [6.45, 7) is 2.08. The van der Waals surface area contributed by atoms with Crippen LogP contribution in [0.15, 0.2) is 18.6 Å². The number of aryl methyl sites for hydroxylation is 1. The van der Waals surface area contributed by atoms with E-state index in [1.54, 1.807) is 12.5 Å². The summed E-state index contributed by atoms with van der Waals surface area (Å²) < 4.78 is 1.90. The van der Waals surface area contributed by atoms with Crippen LogP contribution in [0.2, 0.25) is 10.2 Å². The maximum atomic E-state index is 6.13. The highest BCUT2D eigenvalue weighted by atomic mass is 35.5. The molecule has 0 fully saturated rings. The number of aromatic nitrogens is 4. The highest BCUT2D eigenvalue weighted by Gasteiger charge is 2.15. The van der Waals surface area contributed by atoms with E-state index in [1.165, 1.54) is 0 Å². The van der Waals surface area contributed by atoms with E-state index in [0.717, 1.165) is 17.8 Å². The van der Waals surface area contributed by atoms with Gasteiger partial charge in [0.05, 0.1) is 5.02 Å². The van der Waals surface area contributed by atoms with Crippen LogP contribution in [0.3, 0.4) is 0 Å². The van der Waals surface area contributed by atoms with Gasteiger partial charge in [-0.25, -0.2) is 4.98 Å². The monoisotopic (exact) mass is 270 g/mol. The zero-order chi connectivity index (χ0) is 12.4. The maximum Gasteiger partial charge on any atom is 0.147 e. The van der Waals surface area contributed by atoms with Crippen LogP contribution in [0.5, 0.6) is 0 Å². The van der Waals surface area contributed by atoms with Crippen LogP contribution in [-0.4, -0.2) is 19.7 Å². The van der Waals surface area contributed by atoms with Crippen molar-refractivity contribution in [1.29, 1.82) is 0 Å². The van der Waals surface area contributed by atoms with Crippen molar-refractivity contribution in [3.05, 3.63) is 40.2 Å². The van der Waals surface area contributed by atoms with Gasteiger partial charge in [0.25, 0.3) is 0 Å². The molecule has 0 amide bonds. The van der Waals surface area contributed by atoms with Crippen molar-refractivity contribution in [2.75, 3.05) is 0 Å². The van der Waals surface area contributed by atoms with Crippen LogP contribution in [0, 0.1) is 0 Å². The van der Waals surface area contributed by atoms with E-state index < -0.39 is 0 Å². The maximum absolute atomic E-state index is 6.13. The minimum atomic E-state index is 0.214. The molecule has 2 heterocycles. The molecular formula is C11H12Cl2N4. The fraction of sp³-hybridized carbons (Fsp3) is 0.364. The Bertz CT molecular complexity index is 524. The molecule has 0 N–H and O–H groups in total. The van der Waals surface area contributed by atoms with Crippen molar-refractivity contribution in [1.82, 2.24) is 19.7 Å². The predicted octanol–water partition coefficient (Wildman–Crippen LogP) is 2.86. The van der Waals surface area contributed by atoms with Gasteiger partial charge in [0.15, 0.2) is 0 Å². The van der Waals surface area contributed by atoms with Gasteiger partial charge in [-0.1, -0.05) is 30.1 Å². The third-order valence-corrected chi connectivity index (χ3v) is 3.48. The Morgan fingerprint density at radius 2 is 2.18 bits per heavy atom. The zero-order valence-electron chi connectivity index (χ0n) is 9.56. The Hall–Kier alpha value is -1.13. The summed E-state index contributed by atoms with van der Waals surface area (Å²) in [4.78, 5) is 3.94. The Balaban J connectivity index is 2.23. The lowest BCUT2D eigenvalue weighted by molar-refractivity contribution is 0.680. The lowest BCUT2D eigenvalue weighted by Gasteiger charge is -2.13. The van der Waals surface area contributed by atoms with E-state index in [4.69, 9.17) is 23.2 Å². The van der Waals surface area contributed by atoms with Gasteiger partial charge in [-0.3, -0.25) is 0 Å². The van der Waals surface area contributed by atoms with Crippen molar-refractivity contribution in [2.24, 2.45) is 7.05 Å². The van der Waals surface area contributed by atoms with E-state index in [9.17, 15) is 0 Å². The van der Waals surface area contributed by atoms with Crippen LogP contribution >= 0.6 is 23.2 Å². The fourth-order valence-electron chi connectivity index (χ4n) is 1.69. The summed E-state index contributed by atoms with van der Waals surface area (Å²) in [5.41, 5.74) is 0.981. The molecule has 0 aliphatic carbocycles. The molecule has 2 aromatic rings. The molecule has 0 spiro atoms. The van der Waals surface area contributed by atoms with Crippen LogP contribution in [0.4, 0.5) is 0 Å².